The van der Waals surface area contributed by atoms with Crippen molar-refractivity contribution in [2.24, 2.45) is 0 Å². The molecule has 1 aliphatic heterocycles. The maximum atomic E-state index is 6.05. The number of hydrogen-bond donors (Lipinski definition) is 1. The smallest absolute Gasteiger partial charge is 0.163 e. The van der Waals surface area contributed by atoms with E-state index in [1.54, 1.807) is 0 Å². The van der Waals surface area contributed by atoms with Crippen LogP contribution in [0.4, 0.5) is 5.82 Å². The van der Waals surface area contributed by atoms with E-state index in [1.165, 1.54) is 0 Å². The molecule has 0 aliphatic carbocycles. The molecular formula is C15H25N3O2. The minimum Gasteiger partial charge on any atom is -0.381 e. The summed E-state index contributed by atoms with van der Waals surface area (Å²) in [6.07, 6.45) is 1.63. The highest BCUT2D eigenvalue weighted by molar-refractivity contribution is 5.45. The summed E-state index contributed by atoms with van der Waals surface area (Å²) in [5.41, 5.74) is 1.72. The van der Waals surface area contributed by atoms with Gasteiger partial charge in [0.05, 0.1) is 0 Å². The van der Waals surface area contributed by atoms with Gasteiger partial charge >= 0.3 is 0 Å². The first kappa shape index (κ1) is 15.2. The summed E-state index contributed by atoms with van der Waals surface area (Å²) >= 11 is 0. The lowest BCUT2D eigenvalue weighted by atomic mass is 9.92. The molecule has 1 fully saturated rings. The second-order valence-electron chi connectivity index (χ2n) is 5.18. The highest BCUT2D eigenvalue weighted by Gasteiger charge is 2.38. The minimum atomic E-state index is -0.393. The number of nitrogens with zero attached hydrogens (tertiary/aromatic N) is 2. The molecule has 1 aromatic heterocycles. The zero-order chi connectivity index (χ0) is 14.6. The van der Waals surface area contributed by atoms with Crippen molar-refractivity contribution in [3.8, 4) is 0 Å². The molecular weight excluding hydrogens is 254 g/mol. The first-order valence-corrected chi connectivity index (χ1v) is 7.44. The molecule has 0 atom stereocenters. The van der Waals surface area contributed by atoms with Gasteiger partial charge in [-0.2, -0.15) is 0 Å². The monoisotopic (exact) mass is 279 g/mol. The number of anilines is 1. The van der Waals surface area contributed by atoms with E-state index in [2.05, 4.69) is 19.2 Å². The van der Waals surface area contributed by atoms with E-state index in [0.29, 0.717) is 19.8 Å². The molecule has 20 heavy (non-hydrogen) atoms. The molecule has 1 saturated heterocycles. The summed E-state index contributed by atoms with van der Waals surface area (Å²) in [5, 5.41) is 3.32. The SMILES string of the molecule is CCNc1nc(C2(OCC)CCOCC2)nc(C)c1C. The summed E-state index contributed by atoms with van der Waals surface area (Å²) in [6.45, 7) is 11.1. The van der Waals surface area contributed by atoms with E-state index in [9.17, 15) is 0 Å². The zero-order valence-corrected chi connectivity index (χ0v) is 13.0. The lowest BCUT2D eigenvalue weighted by Gasteiger charge is -2.35. The molecule has 1 N–H and O–H groups in total. The van der Waals surface area contributed by atoms with Crippen LogP contribution in [0.25, 0.3) is 0 Å². The van der Waals surface area contributed by atoms with Crippen molar-refractivity contribution in [1.82, 2.24) is 9.97 Å². The normalized spacial score (nSPS) is 18.0. The third-order valence-electron chi connectivity index (χ3n) is 3.86. The first-order valence-electron chi connectivity index (χ1n) is 7.44. The Morgan fingerprint density at radius 2 is 1.90 bits per heavy atom. The third kappa shape index (κ3) is 2.94. The first-order chi connectivity index (χ1) is 9.63. The highest BCUT2D eigenvalue weighted by atomic mass is 16.5. The molecule has 0 aromatic carbocycles. The van der Waals surface area contributed by atoms with Crippen LogP contribution in [0.3, 0.4) is 0 Å². The molecule has 0 spiro atoms. The van der Waals surface area contributed by atoms with Gasteiger partial charge in [-0.3, -0.25) is 0 Å². The molecule has 2 heterocycles. The molecule has 0 unspecified atom stereocenters. The number of aromatic nitrogens is 2. The van der Waals surface area contributed by atoms with E-state index >= 15 is 0 Å². The lowest BCUT2D eigenvalue weighted by molar-refractivity contribution is -0.117. The average molecular weight is 279 g/mol. The van der Waals surface area contributed by atoms with E-state index < -0.39 is 5.60 Å². The number of rotatable bonds is 5. The molecule has 5 nitrogen and oxygen atoms in total. The summed E-state index contributed by atoms with van der Waals surface area (Å²) in [4.78, 5) is 9.43. The van der Waals surface area contributed by atoms with E-state index in [0.717, 1.165) is 42.3 Å². The fourth-order valence-electron chi connectivity index (χ4n) is 2.58. The largest absolute Gasteiger partial charge is 0.381 e. The van der Waals surface area contributed by atoms with Crippen LogP contribution in [-0.4, -0.2) is 36.3 Å². The van der Waals surface area contributed by atoms with Gasteiger partial charge in [-0.1, -0.05) is 0 Å². The molecule has 0 radical (unpaired) electrons. The Hall–Kier alpha value is -1.20. The van der Waals surface area contributed by atoms with Crippen molar-refractivity contribution in [2.45, 2.75) is 46.1 Å². The second-order valence-corrected chi connectivity index (χ2v) is 5.18. The molecule has 112 valence electrons. The van der Waals surface area contributed by atoms with Crippen LogP contribution in [0, 0.1) is 13.8 Å². The summed E-state index contributed by atoms with van der Waals surface area (Å²) in [5.74, 6) is 1.71. The lowest BCUT2D eigenvalue weighted by Crippen LogP contribution is -2.38. The number of nitrogens with one attached hydrogen (secondary N) is 1. The zero-order valence-electron chi connectivity index (χ0n) is 13.0. The van der Waals surface area contributed by atoms with E-state index in [-0.39, 0.29) is 0 Å². The number of hydrogen-bond acceptors (Lipinski definition) is 5. The van der Waals surface area contributed by atoms with Crippen molar-refractivity contribution >= 4 is 5.82 Å². The Morgan fingerprint density at radius 1 is 1.20 bits per heavy atom. The second kappa shape index (κ2) is 6.50. The van der Waals surface area contributed by atoms with Crippen molar-refractivity contribution in [3.63, 3.8) is 0 Å². The van der Waals surface area contributed by atoms with Gasteiger partial charge in [0, 0.05) is 50.5 Å². The predicted molar refractivity (Wildman–Crippen MR) is 79.0 cm³/mol. The summed E-state index contributed by atoms with van der Waals surface area (Å²) in [6, 6.07) is 0. The molecule has 1 aliphatic rings. The van der Waals surface area contributed by atoms with Gasteiger partial charge in [-0.25, -0.2) is 9.97 Å². The predicted octanol–water partition coefficient (Wildman–Crippen LogP) is 2.57. The van der Waals surface area contributed by atoms with Crippen molar-refractivity contribution in [3.05, 3.63) is 17.1 Å². The van der Waals surface area contributed by atoms with Gasteiger partial charge in [0.2, 0.25) is 0 Å². The molecule has 2 rings (SSSR count). The quantitative estimate of drug-likeness (QED) is 0.897. The van der Waals surface area contributed by atoms with Gasteiger partial charge in [0.15, 0.2) is 5.82 Å². The fourth-order valence-corrected chi connectivity index (χ4v) is 2.58. The molecule has 0 saturated carbocycles. The average Bonchev–Trinajstić information content (AvgIpc) is 2.45. The standard InChI is InChI=1S/C15H25N3O2/c1-5-16-13-11(3)12(4)17-14(18-13)15(20-6-2)7-9-19-10-8-15/h5-10H2,1-4H3,(H,16,17,18). The third-order valence-corrected chi connectivity index (χ3v) is 3.86. The maximum absolute atomic E-state index is 6.05. The minimum absolute atomic E-state index is 0.393. The van der Waals surface area contributed by atoms with Gasteiger partial charge in [-0.15, -0.1) is 0 Å². The van der Waals surface area contributed by atoms with Gasteiger partial charge in [-0.05, 0) is 27.7 Å². The summed E-state index contributed by atoms with van der Waals surface area (Å²) < 4.78 is 11.5. The van der Waals surface area contributed by atoms with Crippen LogP contribution >= 0.6 is 0 Å². The van der Waals surface area contributed by atoms with E-state index in [4.69, 9.17) is 19.4 Å². The van der Waals surface area contributed by atoms with Crippen LogP contribution in [-0.2, 0) is 15.1 Å². The fraction of sp³-hybridized carbons (Fsp3) is 0.733. The number of aryl methyl sites for hydroxylation is 1. The molecule has 0 bridgehead atoms. The van der Waals surface area contributed by atoms with Crippen molar-refractivity contribution in [2.75, 3.05) is 31.7 Å². The Labute approximate surface area is 121 Å². The molecule has 0 amide bonds. The van der Waals surface area contributed by atoms with E-state index in [1.807, 2.05) is 13.8 Å². The molecule has 1 aromatic rings. The highest BCUT2D eigenvalue weighted by Crippen LogP contribution is 2.35. The van der Waals surface area contributed by atoms with Crippen LogP contribution in [0.1, 0.15) is 43.8 Å². The maximum Gasteiger partial charge on any atom is 0.163 e. The number of ether oxygens (including phenoxy) is 2. The summed E-state index contributed by atoms with van der Waals surface area (Å²) in [7, 11) is 0. The van der Waals surface area contributed by atoms with Crippen LogP contribution < -0.4 is 5.32 Å². The van der Waals surface area contributed by atoms with Gasteiger partial charge in [0.25, 0.3) is 0 Å². The van der Waals surface area contributed by atoms with Crippen LogP contribution in [0.5, 0.6) is 0 Å². The van der Waals surface area contributed by atoms with Crippen LogP contribution in [0.2, 0.25) is 0 Å². The Balaban J connectivity index is 2.42. The molecule has 5 heteroatoms. The Bertz CT molecular complexity index is 451. The topological polar surface area (TPSA) is 56.3 Å². The van der Waals surface area contributed by atoms with Crippen molar-refractivity contribution < 1.29 is 9.47 Å². The van der Waals surface area contributed by atoms with Gasteiger partial charge < -0.3 is 14.8 Å². The Kier molecular flexibility index (Phi) is 4.94. The van der Waals surface area contributed by atoms with Crippen LogP contribution in [0.15, 0.2) is 0 Å². The van der Waals surface area contributed by atoms with Crippen molar-refractivity contribution in [1.29, 1.82) is 0 Å². The van der Waals surface area contributed by atoms with Gasteiger partial charge in [0.1, 0.15) is 11.4 Å². The Morgan fingerprint density at radius 3 is 2.50 bits per heavy atom.